The van der Waals surface area contributed by atoms with Gasteiger partial charge in [-0.15, -0.1) is 0 Å². The molecule has 0 aliphatic heterocycles. The van der Waals surface area contributed by atoms with E-state index < -0.39 is 0 Å². The van der Waals surface area contributed by atoms with Crippen LogP contribution >= 0.6 is 0 Å². The molecule has 2 heteroatoms. The predicted molar refractivity (Wildman–Crippen MR) is 77.6 cm³/mol. The zero-order chi connectivity index (χ0) is 13.0. The van der Waals surface area contributed by atoms with Crippen molar-refractivity contribution in [3.63, 3.8) is 0 Å². The predicted octanol–water partition coefficient (Wildman–Crippen LogP) is 4.03. The van der Waals surface area contributed by atoms with Crippen molar-refractivity contribution in [3.05, 3.63) is 66.5 Å². The molecule has 1 heterocycles. The molecule has 0 saturated heterocycles. The lowest BCUT2D eigenvalue weighted by Crippen LogP contribution is -2.01. The van der Waals surface area contributed by atoms with Crippen LogP contribution in [-0.4, -0.2) is 9.55 Å². The quantitative estimate of drug-likeness (QED) is 0.735. The van der Waals surface area contributed by atoms with Crippen LogP contribution in [0.5, 0.6) is 0 Å². The lowest BCUT2D eigenvalue weighted by atomic mass is 10.2. The zero-order valence-corrected chi connectivity index (χ0v) is 10.9. The summed E-state index contributed by atoms with van der Waals surface area (Å²) in [4.78, 5) is 4.55. The third-order valence-corrected chi connectivity index (χ3v) is 2.84. The van der Waals surface area contributed by atoms with E-state index in [1.807, 2.05) is 56.4 Å². The van der Waals surface area contributed by atoms with Crippen molar-refractivity contribution in [2.24, 2.45) is 0 Å². The summed E-state index contributed by atoms with van der Waals surface area (Å²) in [6, 6.07) is 8.19. The molecule has 0 saturated carbocycles. The fraction of sp³-hybridized carbons (Fsp3) is 0.188. The summed E-state index contributed by atoms with van der Waals surface area (Å²) in [7, 11) is 0. The number of aryl methyl sites for hydroxylation is 1. The largest absolute Gasteiger partial charge is 0.324 e. The first-order valence-corrected chi connectivity index (χ1v) is 6.11. The molecular weight excluding hydrogens is 220 g/mol. The van der Waals surface area contributed by atoms with Crippen LogP contribution in [0.2, 0.25) is 0 Å². The van der Waals surface area contributed by atoms with E-state index in [1.54, 1.807) is 0 Å². The Bertz CT molecular complexity index is 615. The maximum atomic E-state index is 4.55. The first kappa shape index (κ1) is 12.4. The molecule has 0 radical (unpaired) electrons. The van der Waals surface area contributed by atoms with E-state index in [0.717, 1.165) is 29.0 Å². The van der Waals surface area contributed by atoms with E-state index in [1.165, 1.54) is 0 Å². The Labute approximate surface area is 108 Å². The van der Waals surface area contributed by atoms with Crippen LogP contribution in [0.3, 0.4) is 0 Å². The first-order chi connectivity index (χ1) is 8.72. The summed E-state index contributed by atoms with van der Waals surface area (Å²) < 4.78 is 2.19. The standard InChI is InChI=1S/C16H18N2/c1-4-5-6-9-13(2)12-18-14(3)17-15-10-7-8-11-16(15)18/h4-11H,2,12H2,1,3H3/b5-4-,9-6-. The molecule has 18 heavy (non-hydrogen) atoms. The van der Waals surface area contributed by atoms with E-state index in [9.17, 15) is 0 Å². The summed E-state index contributed by atoms with van der Waals surface area (Å²) in [6.07, 6.45) is 8.05. The highest BCUT2D eigenvalue weighted by atomic mass is 15.1. The molecule has 0 aliphatic rings. The van der Waals surface area contributed by atoms with Crippen molar-refractivity contribution in [2.75, 3.05) is 0 Å². The van der Waals surface area contributed by atoms with Crippen molar-refractivity contribution < 1.29 is 0 Å². The van der Waals surface area contributed by atoms with E-state index in [4.69, 9.17) is 0 Å². The van der Waals surface area contributed by atoms with Gasteiger partial charge in [-0.25, -0.2) is 4.98 Å². The Kier molecular flexibility index (Phi) is 3.78. The number of hydrogen-bond donors (Lipinski definition) is 0. The Morgan fingerprint density at radius 1 is 1.33 bits per heavy atom. The minimum absolute atomic E-state index is 0.778. The Morgan fingerprint density at radius 2 is 2.11 bits per heavy atom. The maximum absolute atomic E-state index is 4.55. The number of rotatable bonds is 4. The third kappa shape index (κ3) is 2.59. The van der Waals surface area contributed by atoms with Gasteiger partial charge in [0.05, 0.1) is 11.0 Å². The Morgan fingerprint density at radius 3 is 2.89 bits per heavy atom. The number of para-hydroxylation sites is 2. The van der Waals surface area contributed by atoms with E-state index in [-0.39, 0.29) is 0 Å². The van der Waals surface area contributed by atoms with Crippen LogP contribution in [-0.2, 0) is 6.54 Å². The highest BCUT2D eigenvalue weighted by Gasteiger charge is 2.06. The van der Waals surface area contributed by atoms with E-state index in [2.05, 4.69) is 22.2 Å². The summed E-state index contributed by atoms with van der Waals surface area (Å²) in [5.74, 6) is 1.02. The van der Waals surface area contributed by atoms with Gasteiger partial charge in [0.25, 0.3) is 0 Å². The number of nitrogens with zero attached hydrogens (tertiary/aromatic N) is 2. The molecule has 0 bridgehead atoms. The van der Waals surface area contributed by atoms with Crippen molar-refractivity contribution >= 4 is 11.0 Å². The number of allylic oxidation sites excluding steroid dienone is 5. The first-order valence-electron chi connectivity index (χ1n) is 6.11. The number of aromatic nitrogens is 2. The molecule has 0 N–H and O–H groups in total. The monoisotopic (exact) mass is 238 g/mol. The normalized spacial score (nSPS) is 11.9. The Balaban J connectivity index is 2.26. The average molecular weight is 238 g/mol. The Hall–Kier alpha value is -2.09. The minimum atomic E-state index is 0.778. The maximum Gasteiger partial charge on any atom is 0.107 e. The van der Waals surface area contributed by atoms with Crippen molar-refractivity contribution in [1.82, 2.24) is 9.55 Å². The molecule has 1 aromatic heterocycles. The number of hydrogen-bond acceptors (Lipinski definition) is 1. The van der Waals surface area contributed by atoms with Gasteiger partial charge < -0.3 is 4.57 Å². The fourth-order valence-corrected chi connectivity index (χ4v) is 1.95. The molecule has 0 unspecified atom stereocenters. The van der Waals surface area contributed by atoms with Gasteiger partial charge in [0, 0.05) is 6.54 Å². The molecule has 0 fully saturated rings. The van der Waals surface area contributed by atoms with Crippen LogP contribution in [0.4, 0.5) is 0 Å². The molecule has 1 aromatic carbocycles. The van der Waals surface area contributed by atoms with Gasteiger partial charge in [-0.2, -0.15) is 0 Å². The highest BCUT2D eigenvalue weighted by molar-refractivity contribution is 5.75. The van der Waals surface area contributed by atoms with Crippen LogP contribution in [0.15, 0.2) is 60.7 Å². The van der Waals surface area contributed by atoms with Crippen LogP contribution in [0, 0.1) is 6.92 Å². The van der Waals surface area contributed by atoms with Crippen LogP contribution in [0.25, 0.3) is 11.0 Å². The summed E-state index contributed by atoms with van der Waals surface area (Å²) in [5.41, 5.74) is 3.27. The molecule has 0 atom stereocenters. The van der Waals surface area contributed by atoms with Gasteiger partial charge in [0.15, 0.2) is 0 Å². The van der Waals surface area contributed by atoms with Gasteiger partial charge in [0.2, 0.25) is 0 Å². The molecule has 2 nitrogen and oxygen atoms in total. The zero-order valence-electron chi connectivity index (χ0n) is 10.9. The van der Waals surface area contributed by atoms with E-state index in [0.29, 0.717) is 0 Å². The van der Waals surface area contributed by atoms with Crippen molar-refractivity contribution in [2.45, 2.75) is 20.4 Å². The van der Waals surface area contributed by atoms with Gasteiger partial charge in [-0.3, -0.25) is 0 Å². The molecular formula is C16H18N2. The van der Waals surface area contributed by atoms with Crippen molar-refractivity contribution in [3.8, 4) is 0 Å². The number of imidazole rings is 1. The second kappa shape index (κ2) is 5.50. The molecule has 2 aromatic rings. The lowest BCUT2D eigenvalue weighted by Gasteiger charge is -2.06. The molecule has 0 aliphatic carbocycles. The molecule has 0 amide bonds. The number of fused-ring (bicyclic) bond motifs is 1. The van der Waals surface area contributed by atoms with Gasteiger partial charge in [-0.05, 0) is 31.6 Å². The summed E-state index contributed by atoms with van der Waals surface area (Å²) in [6.45, 7) is 8.89. The lowest BCUT2D eigenvalue weighted by molar-refractivity contribution is 0.787. The molecule has 0 spiro atoms. The third-order valence-electron chi connectivity index (χ3n) is 2.84. The summed E-state index contributed by atoms with van der Waals surface area (Å²) >= 11 is 0. The minimum Gasteiger partial charge on any atom is -0.324 e. The van der Waals surface area contributed by atoms with Gasteiger partial charge in [0.1, 0.15) is 5.82 Å². The molecule has 2 rings (SSSR count). The average Bonchev–Trinajstić information content (AvgIpc) is 2.67. The fourth-order valence-electron chi connectivity index (χ4n) is 1.95. The van der Waals surface area contributed by atoms with Gasteiger partial charge in [-0.1, -0.05) is 43.0 Å². The second-order valence-electron chi connectivity index (χ2n) is 4.28. The van der Waals surface area contributed by atoms with Gasteiger partial charge >= 0.3 is 0 Å². The van der Waals surface area contributed by atoms with Crippen LogP contribution in [0.1, 0.15) is 12.7 Å². The summed E-state index contributed by atoms with van der Waals surface area (Å²) in [5, 5.41) is 0. The molecule has 92 valence electrons. The second-order valence-corrected chi connectivity index (χ2v) is 4.28. The van der Waals surface area contributed by atoms with Crippen molar-refractivity contribution in [1.29, 1.82) is 0 Å². The topological polar surface area (TPSA) is 17.8 Å². The highest BCUT2D eigenvalue weighted by Crippen LogP contribution is 2.16. The number of benzene rings is 1. The van der Waals surface area contributed by atoms with E-state index >= 15 is 0 Å². The van der Waals surface area contributed by atoms with Crippen LogP contribution < -0.4 is 0 Å². The SMILES string of the molecule is C=C(/C=C\C=C/C)Cn1c(C)nc2ccccc21. The smallest absolute Gasteiger partial charge is 0.107 e.